The van der Waals surface area contributed by atoms with E-state index in [0.717, 1.165) is 5.56 Å². The summed E-state index contributed by atoms with van der Waals surface area (Å²) in [5.74, 6) is -0.759. The molecule has 31 heavy (non-hydrogen) atoms. The van der Waals surface area contributed by atoms with E-state index in [4.69, 9.17) is 0 Å². The number of aryl methyl sites for hydroxylation is 1. The van der Waals surface area contributed by atoms with Gasteiger partial charge in [0.15, 0.2) is 5.16 Å². The second-order valence-electron chi connectivity index (χ2n) is 6.29. The van der Waals surface area contributed by atoms with E-state index in [9.17, 15) is 31.1 Å². The van der Waals surface area contributed by atoms with Gasteiger partial charge in [0, 0.05) is 18.5 Å². The van der Waals surface area contributed by atoms with Crippen LogP contribution in [0.5, 0.6) is 0 Å². The Balaban J connectivity index is 1.80. The van der Waals surface area contributed by atoms with Gasteiger partial charge in [0.25, 0.3) is 5.91 Å². The number of carbonyl (C=O) groups excluding carboxylic acids is 1. The zero-order valence-corrected chi connectivity index (χ0v) is 16.4. The number of rotatable bonds is 5. The van der Waals surface area contributed by atoms with Crippen LogP contribution in [0, 0.1) is 0 Å². The number of nitrogens with one attached hydrogen (secondary N) is 1. The zero-order valence-electron chi connectivity index (χ0n) is 15.6. The molecule has 0 aliphatic rings. The van der Waals surface area contributed by atoms with Gasteiger partial charge in [-0.2, -0.15) is 26.3 Å². The largest absolute Gasteiger partial charge is 0.433 e. The van der Waals surface area contributed by atoms with Crippen molar-refractivity contribution < 1.29 is 31.1 Å². The predicted octanol–water partition coefficient (Wildman–Crippen LogP) is 4.79. The highest BCUT2D eigenvalue weighted by atomic mass is 32.2. The van der Waals surface area contributed by atoms with Crippen molar-refractivity contribution in [2.75, 3.05) is 5.32 Å². The van der Waals surface area contributed by atoms with Gasteiger partial charge < -0.3 is 9.88 Å². The van der Waals surface area contributed by atoms with Crippen LogP contribution in [-0.4, -0.2) is 25.7 Å². The summed E-state index contributed by atoms with van der Waals surface area (Å²) in [6.45, 7) is 0. The van der Waals surface area contributed by atoms with Gasteiger partial charge in [-0.3, -0.25) is 4.79 Å². The number of alkyl halides is 6. The van der Waals surface area contributed by atoms with Gasteiger partial charge in [0.05, 0.1) is 5.56 Å². The molecule has 0 saturated heterocycles. The molecule has 0 atom stereocenters. The van der Waals surface area contributed by atoms with Crippen molar-refractivity contribution in [3.8, 4) is 0 Å². The molecule has 0 spiro atoms. The molecule has 6 nitrogen and oxygen atoms in total. The Bertz CT molecular complexity index is 1060. The molecule has 1 amide bonds. The smallest absolute Gasteiger partial charge is 0.321 e. The first kappa shape index (κ1) is 22.6. The summed E-state index contributed by atoms with van der Waals surface area (Å²) >= 11 is 1.35. The molecule has 3 aromatic rings. The zero-order chi connectivity index (χ0) is 22.8. The fourth-order valence-electron chi connectivity index (χ4n) is 2.44. The summed E-state index contributed by atoms with van der Waals surface area (Å²) in [6.07, 6.45) is -8.70. The van der Waals surface area contributed by atoms with Crippen LogP contribution in [0.2, 0.25) is 0 Å². The van der Waals surface area contributed by atoms with E-state index in [-0.39, 0.29) is 17.8 Å². The van der Waals surface area contributed by atoms with Crippen molar-refractivity contribution in [2.24, 2.45) is 7.05 Å². The number of hydrogen-bond donors (Lipinski definition) is 1. The van der Waals surface area contributed by atoms with Gasteiger partial charge >= 0.3 is 12.4 Å². The van der Waals surface area contributed by atoms with Crippen LogP contribution in [0.1, 0.15) is 27.3 Å². The van der Waals surface area contributed by atoms with Crippen molar-refractivity contribution in [3.05, 3.63) is 65.2 Å². The highest BCUT2D eigenvalue weighted by Crippen LogP contribution is 2.35. The Morgan fingerprint density at radius 2 is 1.84 bits per heavy atom. The van der Waals surface area contributed by atoms with Crippen LogP contribution in [0.25, 0.3) is 0 Å². The topological polar surface area (TPSA) is 72.7 Å². The number of amides is 1. The van der Waals surface area contributed by atoms with Crippen LogP contribution in [0.15, 0.2) is 47.9 Å². The average Bonchev–Trinajstić information content (AvgIpc) is 3.10. The lowest BCUT2D eigenvalue weighted by atomic mass is 10.1. The number of benzene rings is 1. The second kappa shape index (κ2) is 8.57. The Kier molecular flexibility index (Phi) is 6.25. The van der Waals surface area contributed by atoms with Crippen molar-refractivity contribution >= 4 is 23.4 Å². The highest BCUT2D eigenvalue weighted by Gasteiger charge is 2.38. The molecule has 0 radical (unpaired) electrons. The molecule has 13 heteroatoms. The first-order chi connectivity index (χ1) is 14.4. The maximum Gasteiger partial charge on any atom is 0.433 e. The highest BCUT2D eigenvalue weighted by molar-refractivity contribution is 7.98. The van der Waals surface area contributed by atoms with E-state index in [2.05, 4.69) is 20.5 Å². The molecule has 0 aliphatic carbocycles. The lowest BCUT2D eigenvalue weighted by Crippen LogP contribution is -2.20. The summed E-state index contributed by atoms with van der Waals surface area (Å²) in [4.78, 5) is 15.4. The molecular weight excluding hydrogens is 448 g/mol. The molecule has 0 unspecified atom stereocenters. The lowest BCUT2D eigenvalue weighted by molar-refractivity contribution is -0.145. The summed E-state index contributed by atoms with van der Waals surface area (Å²) in [6, 6.07) is 6.46. The number of nitrogens with zero attached hydrogens (tertiary/aromatic N) is 4. The monoisotopic (exact) mass is 461 g/mol. The van der Waals surface area contributed by atoms with Crippen LogP contribution < -0.4 is 5.32 Å². The maximum absolute atomic E-state index is 13.0. The molecule has 2 aromatic heterocycles. The summed E-state index contributed by atoms with van der Waals surface area (Å²) in [5, 5.41) is 10.6. The van der Waals surface area contributed by atoms with E-state index in [1.165, 1.54) is 24.2 Å². The van der Waals surface area contributed by atoms with Gasteiger partial charge in [-0.15, -0.1) is 10.2 Å². The average molecular weight is 461 g/mol. The first-order valence-electron chi connectivity index (χ1n) is 8.47. The van der Waals surface area contributed by atoms with Crippen molar-refractivity contribution in [2.45, 2.75) is 23.3 Å². The summed E-state index contributed by atoms with van der Waals surface area (Å²) in [5.41, 5.74) is -3.50. The SMILES string of the molecule is Cn1cnnc1SCc1cccc(NC(=O)c2cc(C(F)(F)F)cc(C(F)(F)F)n2)c1. The first-order valence-corrected chi connectivity index (χ1v) is 9.45. The fourth-order valence-corrected chi connectivity index (χ4v) is 3.27. The lowest BCUT2D eigenvalue weighted by Gasteiger charge is -2.13. The van der Waals surface area contributed by atoms with Crippen molar-refractivity contribution in [1.82, 2.24) is 19.7 Å². The van der Waals surface area contributed by atoms with Crippen molar-refractivity contribution in [1.29, 1.82) is 0 Å². The molecule has 1 N–H and O–H groups in total. The Labute approximate surface area is 175 Å². The minimum atomic E-state index is -5.15. The second-order valence-corrected chi connectivity index (χ2v) is 7.23. The number of anilines is 1. The normalized spacial score (nSPS) is 12.1. The van der Waals surface area contributed by atoms with Gasteiger partial charge in [0.1, 0.15) is 17.7 Å². The van der Waals surface area contributed by atoms with Crippen LogP contribution in [-0.2, 0) is 25.2 Å². The third kappa shape index (κ3) is 5.75. The van der Waals surface area contributed by atoms with E-state index in [1.54, 1.807) is 29.8 Å². The Morgan fingerprint density at radius 3 is 2.45 bits per heavy atom. The van der Waals surface area contributed by atoms with Crippen LogP contribution >= 0.6 is 11.8 Å². The predicted molar refractivity (Wildman–Crippen MR) is 99.2 cm³/mol. The molecule has 1 aromatic carbocycles. The third-order valence-electron chi connectivity index (χ3n) is 3.90. The molecule has 164 valence electrons. The van der Waals surface area contributed by atoms with Crippen LogP contribution in [0.3, 0.4) is 0 Å². The molecule has 0 aliphatic heterocycles. The fraction of sp³-hybridized carbons (Fsp3) is 0.222. The third-order valence-corrected chi connectivity index (χ3v) is 5.00. The number of thioether (sulfide) groups is 1. The standard InChI is InChI=1S/C18H13F6N5OS/c1-29-9-25-28-16(29)31-8-10-3-2-4-12(5-10)26-15(30)13-6-11(17(19,20)21)7-14(27-13)18(22,23)24/h2-7,9H,8H2,1H3,(H,26,30). The van der Waals surface area contributed by atoms with Crippen LogP contribution in [0.4, 0.5) is 32.0 Å². The van der Waals surface area contributed by atoms with Gasteiger partial charge in [-0.05, 0) is 29.8 Å². The number of carbonyl (C=O) groups is 1. The number of pyridine rings is 1. The summed E-state index contributed by atoms with van der Waals surface area (Å²) < 4.78 is 79.4. The molecule has 0 bridgehead atoms. The van der Waals surface area contributed by atoms with E-state index >= 15 is 0 Å². The molecular formula is C18H13F6N5OS. The van der Waals surface area contributed by atoms with Crippen molar-refractivity contribution in [3.63, 3.8) is 0 Å². The molecule has 0 fully saturated rings. The number of halogens is 6. The quantitative estimate of drug-likeness (QED) is 0.437. The molecule has 3 rings (SSSR count). The maximum atomic E-state index is 13.0. The van der Waals surface area contributed by atoms with Gasteiger partial charge in [-0.1, -0.05) is 23.9 Å². The minimum absolute atomic E-state index is 0.138. The molecule has 0 saturated carbocycles. The van der Waals surface area contributed by atoms with Gasteiger partial charge in [0.2, 0.25) is 0 Å². The number of hydrogen-bond acceptors (Lipinski definition) is 5. The van der Waals surface area contributed by atoms with Gasteiger partial charge in [-0.25, -0.2) is 4.98 Å². The van der Waals surface area contributed by atoms with E-state index < -0.39 is 35.2 Å². The van der Waals surface area contributed by atoms with E-state index in [0.29, 0.717) is 10.9 Å². The number of aromatic nitrogens is 4. The molecule has 2 heterocycles. The Hall–Kier alpha value is -3.09. The minimum Gasteiger partial charge on any atom is -0.321 e. The summed E-state index contributed by atoms with van der Waals surface area (Å²) in [7, 11) is 1.76. The van der Waals surface area contributed by atoms with E-state index in [1.807, 2.05) is 0 Å². The Morgan fingerprint density at radius 1 is 1.10 bits per heavy atom.